The number of nitrogens with one attached hydrogen (secondary N) is 4. The third-order valence-electron chi connectivity index (χ3n) is 5.50. The van der Waals surface area contributed by atoms with E-state index < -0.39 is 11.1 Å². The predicted octanol–water partition coefficient (Wildman–Crippen LogP) is 6.58. The topological polar surface area (TPSA) is 159 Å². The molecule has 0 amide bonds. The summed E-state index contributed by atoms with van der Waals surface area (Å²) in [5.41, 5.74) is 3.00. The Bertz CT molecular complexity index is 1710. The number of H-pyrrole nitrogens is 2. The van der Waals surface area contributed by atoms with Gasteiger partial charge in [-0.1, -0.05) is 25.2 Å². The second-order valence-electron chi connectivity index (χ2n) is 8.87. The number of hydrogen-bond acceptors (Lipinski definition) is 12. The summed E-state index contributed by atoms with van der Waals surface area (Å²) < 4.78 is 39.2. The van der Waals surface area contributed by atoms with Crippen LogP contribution in [-0.4, -0.2) is 50.3 Å². The molecule has 6 aromatic heterocycles. The highest BCUT2D eigenvalue weighted by Gasteiger charge is 2.38. The first-order valence-corrected chi connectivity index (χ1v) is 14.0. The number of rotatable bonds is 7. The first kappa shape index (κ1) is 28.7. The molecule has 0 bridgehead atoms. The van der Waals surface area contributed by atoms with E-state index in [1.165, 1.54) is 24.8 Å². The summed E-state index contributed by atoms with van der Waals surface area (Å²) in [6.45, 7) is 6.25. The van der Waals surface area contributed by atoms with E-state index in [0.29, 0.717) is 23.2 Å². The first-order chi connectivity index (χ1) is 20.2. The van der Waals surface area contributed by atoms with Gasteiger partial charge in [0.15, 0.2) is 10.3 Å². The van der Waals surface area contributed by atoms with E-state index in [1.54, 1.807) is 29.8 Å². The lowest BCUT2D eigenvalue weighted by molar-refractivity contribution is -0.134. The van der Waals surface area contributed by atoms with Gasteiger partial charge in [-0.3, -0.25) is 10.2 Å². The smallest absolute Gasteiger partial charge is 0.300 e. The molecule has 0 unspecified atom stereocenters. The zero-order valence-corrected chi connectivity index (χ0v) is 23.9. The highest BCUT2D eigenvalue weighted by molar-refractivity contribution is 7.16. The highest BCUT2D eigenvalue weighted by Crippen LogP contribution is 2.42. The van der Waals surface area contributed by atoms with Gasteiger partial charge in [0, 0.05) is 52.7 Å². The number of alkyl halides is 3. The van der Waals surface area contributed by atoms with Gasteiger partial charge in [-0.15, -0.1) is 11.3 Å². The van der Waals surface area contributed by atoms with Gasteiger partial charge in [0.1, 0.15) is 4.88 Å². The molecule has 0 radical (unpaired) electrons. The van der Waals surface area contributed by atoms with Crippen LogP contribution in [0.25, 0.3) is 22.5 Å². The van der Waals surface area contributed by atoms with Crippen LogP contribution in [0.2, 0.25) is 0 Å². The third-order valence-corrected chi connectivity index (χ3v) is 7.40. The maximum atomic E-state index is 13.1. The molecule has 0 aliphatic carbocycles. The molecule has 0 aromatic carbocycles. The van der Waals surface area contributed by atoms with Crippen molar-refractivity contribution in [2.75, 3.05) is 10.6 Å². The van der Waals surface area contributed by atoms with E-state index in [2.05, 4.69) is 74.8 Å². The molecule has 12 nitrogen and oxygen atoms in total. The fourth-order valence-corrected chi connectivity index (χ4v) is 5.23. The van der Waals surface area contributed by atoms with E-state index >= 15 is 0 Å². The molecular formula is C25H23F3N12S2. The van der Waals surface area contributed by atoms with E-state index in [1.807, 2.05) is 19.2 Å². The van der Waals surface area contributed by atoms with Crippen molar-refractivity contribution in [1.82, 2.24) is 50.3 Å². The first-order valence-electron chi connectivity index (χ1n) is 12.3. The molecule has 17 heteroatoms. The number of nitrogens with zero attached hydrogens (tertiary/aromatic N) is 8. The number of anilines is 4. The molecule has 6 rings (SSSR count). The lowest BCUT2D eigenvalue weighted by Crippen LogP contribution is -2.03. The van der Waals surface area contributed by atoms with Gasteiger partial charge in [0.05, 0.1) is 23.8 Å². The summed E-state index contributed by atoms with van der Waals surface area (Å²) in [6, 6.07) is 3.53. The van der Waals surface area contributed by atoms with Crippen LogP contribution in [0, 0.1) is 6.92 Å². The van der Waals surface area contributed by atoms with Gasteiger partial charge in [-0.2, -0.15) is 23.4 Å². The Balaban J connectivity index is 0.000000168. The van der Waals surface area contributed by atoms with Gasteiger partial charge >= 0.3 is 6.18 Å². The zero-order valence-electron chi connectivity index (χ0n) is 22.3. The van der Waals surface area contributed by atoms with E-state index in [4.69, 9.17) is 0 Å². The second kappa shape index (κ2) is 12.4. The predicted molar refractivity (Wildman–Crippen MR) is 154 cm³/mol. The van der Waals surface area contributed by atoms with Crippen molar-refractivity contribution in [2.45, 2.75) is 32.9 Å². The lowest BCUT2D eigenvalue weighted by Gasteiger charge is -2.06. The summed E-state index contributed by atoms with van der Waals surface area (Å²) in [4.78, 5) is 25.4. The lowest BCUT2D eigenvalue weighted by atomic mass is 10.1. The van der Waals surface area contributed by atoms with Crippen LogP contribution in [0.1, 0.15) is 35.2 Å². The van der Waals surface area contributed by atoms with Crippen LogP contribution in [0.3, 0.4) is 0 Å². The molecule has 0 aliphatic rings. The highest BCUT2D eigenvalue weighted by atomic mass is 32.1. The van der Waals surface area contributed by atoms with Crippen molar-refractivity contribution in [3.05, 3.63) is 71.0 Å². The molecule has 216 valence electrons. The average molecular weight is 613 g/mol. The van der Waals surface area contributed by atoms with E-state index in [9.17, 15) is 13.2 Å². The molecule has 4 N–H and O–H groups in total. The number of thiazole rings is 2. The molecule has 6 aromatic rings. The molecular weight excluding hydrogens is 589 g/mol. The average Bonchev–Trinajstić information content (AvgIpc) is 3.77. The minimum atomic E-state index is -4.50. The van der Waals surface area contributed by atoms with Crippen molar-refractivity contribution in [2.24, 2.45) is 0 Å². The summed E-state index contributed by atoms with van der Waals surface area (Å²) >= 11 is 2.07. The molecule has 42 heavy (non-hydrogen) atoms. The monoisotopic (exact) mass is 612 g/mol. The number of aryl methyl sites for hydroxylation is 1. The number of aromatic nitrogens is 10. The second-order valence-corrected chi connectivity index (χ2v) is 11.1. The van der Waals surface area contributed by atoms with Gasteiger partial charge < -0.3 is 10.6 Å². The number of hydrogen-bond donors (Lipinski definition) is 4. The van der Waals surface area contributed by atoms with Crippen molar-refractivity contribution < 1.29 is 13.2 Å². The van der Waals surface area contributed by atoms with Gasteiger partial charge in [0.25, 0.3) is 0 Å². The van der Waals surface area contributed by atoms with E-state index in [-0.39, 0.29) is 22.3 Å². The van der Waals surface area contributed by atoms with Crippen molar-refractivity contribution >= 4 is 44.8 Å². The summed E-state index contributed by atoms with van der Waals surface area (Å²) in [7, 11) is 0. The zero-order chi connectivity index (χ0) is 29.7. The van der Waals surface area contributed by atoms with Crippen molar-refractivity contribution in [3.63, 3.8) is 0 Å². The summed E-state index contributed by atoms with van der Waals surface area (Å²) in [6.07, 6.45) is 6.46. The molecule has 0 spiro atoms. The minimum Gasteiger partial charge on any atom is -0.300 e. The van der Waals surface area contributed by atoms with Crippen LogP contribution >= 0.6 is 22.7 Å². The summed E-state index contributed by atoms with van der Waals surface area (Å²) in [5, 5.41) is 19.5. The van der Waals surface area contributed by atoms with Gasteiger partial charge in [-0.25, -0.2) is 29.9 Å². The van der Waals surface area contributed by atoms with Gasteiger partial charge in [-0.05, 0) is 25.0 Å². The fraction of sp³-hybridized carbons (Fsp3) is 0.200. The fourth-order valence-electron chi connectivity index (χ4n) is 3.55. The Morgan fingerprint density at radius 1 is 0.786 bits per heavy atom. The van der Waals surface area contributed by atoms with Crippen LogP contribution in [0.4, 0.5) is 35.3 Å². The van der Waals surface area contributed by atoms with Crippen molar-refractivity contribution in [1.29, 1.82) is 0 Å². The normalized spacial score (nSPS) is 11.3. The molecule has 0 aliphatic heterocycles. The standard InChI is InChI=1S/C14H16N6S.C11H7F3N6S/c1-8(2)11-4-5-15-13(18-11)20-14-19-12(9(3)21-14)10-6-16-17-7-10;12-11(13,14)8-7(6-4-17-18-5-6)19-10(21-8)20-9-15-2-1-3-16-9/h4-8H,1-3H3,(H,16,17)(H,15,18,19,20);1-5H,(H,17,18)(H,15,16,19,20). The Hall–Kier alpha value is -4.77. The van der Waals surface area contributed by atoms with Crippen LogP contribution in [0.15, 0.2) is 55.5 Å². The molecule has 6 heterocycles. The number of halogens is 3. The Morgan fingerprint density at radius 3 is 2.00 bits per heavy atom. The molecule has 0 atom stereocenters. The largest absolute Gasteiger partial charge is 0.427 e. The maximum Gasteiger partial charge on any atom is 0.427 e. The van der Waals surface area contributed by atoms with Crippen LogP contribution < -0.4 is 10.6 Å². The minimum absolute atomic E-state index is 0.0599. The van der Waals surface area contributed by atoms with Crippen LogP contribution in [-0.2, 0) is 6.18 Å². The quantitative estimate of drug-likeness (QED) is 0.155. The number of aromatic amines is 2. The molecule has 0 saturated heterocycles. The third kappa shape index (κ3) is 6.92. The Kier molecular flexibility index (Phi) is 8.48. The van der Waals surface area contributed by atoms with Crippen molar-refractivity contribution in [3.8, 4) is 22.5 Å². The summed E-state index contributed by atoms with van der Waals surface area (Å²) in [5.74, 6) is 1.13. The SMILES string of the molecule is Cc1sc(Nc2nccc(C(C)C)n2)nc1-c1cn[nH]c1.FC(F)(F)c1sc(Nc2ncccn2)nc1-c1cn[nH]c1. The van der Waals surface area contributed by atoms with Gasteiger partial charge in [0.2, 0.25) is 11.9 Å². The van der Waals surface area contributed by atoms with E-state index in [0.717, 1.165) is 27.0 Å². The molecule has 0 fully saturated rings. The maximum absolute atomic E-state index is 13.1. The Labute approximate surface area is 245 Å². The molecule has 0 saturated carbocycles. The van der Waals surface area contributed by atoms with Crippen LogP contribution in [0.5, 0.6) is 0 Å². The Morgan fingerprint density at radius 2 is 1.38 bits per heavy atom.